The molecule has 10 heteroatoms. The lowest BCUT2D eigenvalue weighted by atomic mass is 10.1. The highest BCUT2D eigenvalue weighted by atomic mass is 19.1. The molecule has 0 aliphatic heterocycles. The molecule has 1 aromatic carbocycles. The van der Waals surface area contributed by atoms with E-state index in [2.05, 4.69) is 20.0 Å². The Balaban J connectivity index is 2.25. The van der Waals surface area contributed by atoms with Gasteiger partial charge in [0.2, 0.25) is 12.2 Å². The maximum Gasteiger partial charge on any atom is 0.305 e. The maximum absolute atomic E-state index is 13.7. The topological polar surface area (TPSA) is 111 Å². The quantitative estimate of drug-likeness (QED) is 0.666. The molecule has 0 radical (unpaired) electrons. The number of hydrogen-bond donors (Lipinski definition) is 1. The second kappa shape index (κ2) is 5.38. The summed E-state index contributed by atoms with van der Waals surface area (Å²) in [5.41, 5.74) is -2.03. The van der Waals surface area contributed by atoms with E-state index in [0.717, 1.165) is 6.39 Å². The van der Waals surface area contributed by atoms with E-state index in [1.807, 2.05) is 0 Å². The summed E-state index contributed by atoms with van der Waals surface area (Å²) < 4.78 is 31.5. The standard InChI is InChI=1S/C10H6F2N4O4/c11-5-1-2-6(16(18)19)9(12)8(5)10(17)13-3-7-14-4-20-15-7/h1-2,4H,3H2,(H,13,17). The molecule has 0 bridgehead atoms. The molecule has 0 aliphatic carbocycles. The van der Waals surface area contributed by atoms with Gasteiger partial charge in [-0.25, -0.2) is 4.39 Å². The Kier molecular flexibility index (Phi) is 3.64. The third kappa shape index (κ3) is 2.58. The number of benzene rings is 1. The molecular weight excluding hydrogens is 278 g/mol. The number of aromatic nitrogens is 2. The maximum atomic E-state index is 13.7. The number of rotatable bonds is 4. The van der Waals surface area contributed by atoms with Crippen molar-refractivity contribution in [3.8, 4) is 0 Å². The highest BCUT2D eigenvalue weighted by Crippen LogP contribution is 2.22. The fraction of sp³-hybridized carbons (Fsp3) is 0.100. The zero-order chi connectivity index (χ0) is 14.7. The van der Waals surface area contributed by atoms with E-state index < -0.39 is 33.7 Å². The van der Waals surface area contributed by atoms with Crippen molar-refractivity contribution in [2.75, 3.05) is 0 Å². The van der Waals surface area contributed by atoms with E-state index in [-0.39, 0.29) is 12.4 Å². The number of amides is 1. The van der Waals surface area contributed by atoms with Crippen molar-refractivity contribution in [1.29, 1.82) is 0 Å². The van der Waals surface area contributed by atoms with Gasteiger partial charge < -0.3 is 9.84 Å². The first kappa shape index (κ1) is 13.5. The Morgan fingerprint density at radius 3 is 2.80 bits per heavy atom. The lowest BCUT2D eigenvalue weighted by Crippen LogP contribution is -2.26. The number of carbonyl (C=O) groups excluding carboxylic acids is 1. The Hall–Kier alpha value is -2.91. The molecule has 0 saturated carbocycles. The molecule has 0 aliphatic rings. The van der Waals surface area contributed by atoms with Gasteiger partial charge in [0.25, 0.3) is 5.91 Å². The van der Waals surface area contributed by atoms with Gasteiger partial charge in [-0.2, -0.15) is 9.37 Å². The minimum atomic E-state index is -1.54. The molecule has 20 heavy (non-hydrogen) atoms. The van der Waals surface area contributed by atoms with Gasteiger partial charge in [0.05, 0.1) is 11.5 Å². The van der Waals surface area contributed by atoms with Gasteiger partial charge >= 0.3 is 5.69 Å². The number of carbonyl (C=O) groups is 1. The molecule has 1 heterocycles. The Morgan fingerprint density at radius 2 is 2.20 bits per heavy atom. The van der Waals surface area contributed by atoms with Crippen molar-refractivity contribution in [3.05, 3.63) is 51.7 Å². The number of nitrogens with zero attached hydrogens (tertiary/aromatic N) is 3. The molecule has 1 aromatic heterocycles. The smallest absolute Gasteiger partial charge is 0.305 e. The predicted molar refractivity (Wildman–Crippen MR) is 58.5 cm³/mol. The molecule has 104 valence electrons. The van der Waals surface area contributed by atoms with Crippen LogP contribution in [0.3, 0.4) is 0 Å². The van der Waals surface area contributed by atoms with E-state index >= 15 is 0 Å². The van der Waals surface area contributed by atoms with Gasteiger partial charge in [0.1, 0.15) is 11.4 Å². The minimum Gasteiger partial charge on any atom is -0.344 e. The number of halogens is 2. The molecule has 0 saturated heterocycles. The fourth-order valence-electron chi connectivity index (χ4n) is 1.41. The summed E-state index contributed by atoms with van der Waals surface area (Å²) in [6, 6.07) is 1.28. The summed E-state index contributed by atoms with van der Waals surface area (Å²) in [6.45, 7) is -0.239. The predicted octanol–water partition coefficient (Wildman–Crippen LogP) is 1.19. The van der Waals surface area contributed by atoms with E-state index in [0.29, 0.717) is 12.1 Å². The first-order chi connectivity index (χ1) is 9.50. The van der Waals surface area contributed by atoms with Crippen molar-refractivity contribution in [3.63, 3.8) is 0 Å². The number of nitro benzene ring substituents is 1. The molecule has 2 aromatic rings. The van der Waals surface area contributed by atoms with Gasteiger partial charge in [-0.1, -0.05) is 5.16 Å². The first-order valence-electron chi connectivity index (χ1n) is 5.16. The van der Waals surface area contributed by atoms with Crippen molar-refractivity contribution < 1.29 is 23.0 Å². The van der Waals surface area contributed by atoms with Crippen LogP contribution in [0.15, 0.2) is 23.0 Å². The highest BCUT2D eigenvalue weighted by molar-refractivity contribution is 5.95. The van der Waals surface area contributed by atoms with E-state index in [1.54, 1.807) is 0 Å². The molecule has 1 N–H and O–H groups in total. The van der Waals surface area contributed by atoms with Crippen LogP contribution >= 0.6 is 0 Å². The first-order valence-corrected chi connectivity index (χ1v) is 5.16. The van der Waals surface area contributed by atoms with Gasteiger partial charge in [-0.15, -0.1) is 0 Å². The van der Waals surface area contributed by atoms with Crippen LogP contribution in [-0.4, -0.2) is 21.0 Å². The molecule has 0 spiro atoms. The summed E-state index contributed by atoms with van der Waals surface area (Å²) in [5, 5.41) is 16.0. The molecule has 0 atom stereocenters. The van der Waals surface area contributed by atoms with Crippen LogP contribution in [0.2, 0.25) is 0 Å². The minimum absolute atomic E-state index is 0.0876. The monoisotopic (exact) mass is 284 g/mol. The lowest BCUT2D eigenvalue weighted by molar-refractivity contribution is -0.387. The molecule has 0 fully saturated rings. The van der Waals surface area contributed by atoms with Crippen LogP contribution < -0.4 is 5.32 Å². The molecule has 1 amide bonds. The van der Waals surface area contributed by atoms with E-state index in [1.165, 1.54) is 0 Å². The fourth-order valence-corrected chi connectivity index (χ4v) is 1.41. The Bertz CT molecular complexity index is 660. The summed E-state index contributed by atoms with van der Waals surface area (Å²) in [7, 11) is 0. The van der Waals surface area contributed by atoms with Crippen LogP contribution in [0.4, 0.5) is 14.5 Å². The summed E-state index contributed by atoms with van der Waals surface area (Å²) in [4.78, 5) is 24.7. The van der Waals surface area contributed by atoms with Crippen molar-refractivity contribution in [2.45, 2.75) is 6.54 Å². The van der Waals surface area contributed by atoms with Crippen molar-refractivity contribution in [1.82, 2.24) is 15.5 Å². The molecule has 8 nitrogen and oxygen atoms in total. The molecule has 0 unspecified atom stereocenters. The number of nitro groups is 1. The van der Waals surface area contributed by atoms with Crippen molar-refractivity contribution in [2.24, 2.45) is 0 Å². The van der Waals surface area contributed by atoms with Crippen LogP contribution in [0.5, 0.6) is 0 Å². The second-order valence-corrected chi connectivity index (χ2v) is 3.54. The highest BCUT2D eigenvalue weighted by Gasteiger charge is 2.26. The van der Waals surface area contributed by atoms with Gasteiger partial charge in [-0.05, 0) is 6.07 Å². The van der Waals surface area contributed by atoms with Gasteiger partial charge in [-0.3, -0.25) is 14.9 Å². The van der Waals surface area contributed by atoms with Gasteiger partial charge in [0.15, 0.2) is 5.82 Å². The zero-order valence-corrected chi connectivity index (χ0v) is 9.67. The van der Waals surface area contributed by atoms with Crippen LogP contribution in [0.25, 0.3) is 0 Å². The molecule has 2 rings (SSSR count). The largest absolute Gasteiger partial charge is 0.344 e. The van der Waals surface area contributed by atoms with Crippen LogP contribution in [0, 0.1) is 21.7 Å². The average Bonchev–Trinajstić information content (AvgIpc) is 2.89. The lowest BCUT2D eigenvalue weighted by Gasteiger charge is -2.05. The second-order valence-electron chi connectivity index (χ2n) is 3.54. The SMILES string of the molecule is O=C(NCc1ncon1)c1c(F)ccc([N+](=O)[O-])c1F. The normalized spacial score (nSPS) is 10.3. The van der Waals surface area contributed by atoms with E-state index in [4.69, 9.17) is 0 Å². The van der Waals surface area contributed by atoms with Crippen molar-refractivity contribution >= 4 is 11.6 Å². The third-order valence-corrected chi connectivity index (χ3v) is 2.31. The Labute approximate surface area is 109 Å². The summed E-state index contributed by atoms with van der Waals surface area (Å²) in [5.74, 6) is -3.82. The third-order valence-electron chi connectivity index (χ3n) is 2.31. The Morgan fingerprint density at radius 1 is 1.45 bits per heavy atom. The average molecular weight is 284 g/mol. The number of nitrogens with one attached hydrogen (secondary N) is 1. The van der Waals surface area contributed by atoms with E-state index in [9.17, 15) is 23.7 Å². The van der Waals surface area contributed by atoms with Crippen LogP contribution in [-0.2, 0) is 6.54 Å². The zero-order valence-electron chi connectivity index (χ0n) is 9.67. The van der Waals surface area contributed by atoms with Crippen LogP contribution in [0.1, 0.15) is 16.2 Å². The summed E-state index contributed by atoms with van der Waals surface area (Å²) >= 11 is 0. The molecular formula is C10H6F2N4O4. The van der Waals surface area contributed by atoms with Gasteiger partial charge in [0, 0.05) is 6.07 Å². The summed E-state index contributed by atoms with van der Waals surface area (Å²) in [6.07, 6.45) is 1.01. The number of hydrogen-bond acceptors (Lipinski definition) is 6.